The third-order valence-electron chi connectivity index (χ3n) is 1.79. The molecule has 0 spiro atoms. The first-order valence-corrected chi connectivity index (χ1v) is 5.35. The molecular formula is C9H10N2O4S. The molecule has 1 aromatic rings. The molecule has 0 aliphatic carbocycles. The largest absolute Gasteiger partial charge is 0.480 e. The molecule has 0 fully saturated rings. The second kappa shape index (κ2) is 5.47. The fourth-order valence-electron chi connectivity index (χ4n) is 0.921. The minimum atomic E-state index is -1.06. The van der Waals surface area contributed by atoms with Gasteiger partial charge in [-0.15, -0.1) is 11.8 Å². The maximum atomic E-state index is 10.4. The topological polar surface area (TPSA) is 106 Å². The summed E-state index contributed by atoms with van der Waals surface area (Å²) >= 11 is 1.25. The van der Waals surface area contributed by atoms with Crippen molar-refractivity contribution in [2.24, 2.45) is 5.73 Å². The molecule has 0 saturated heterocycles. The van der Waals surface area contributed by atoms with Crippen molar-refractivity contribution >= 4 is 23.4 Å². The van der Waals surface area contributed by atoms with E-state index in [-0.39, 0.29) is 11.4 Å². The molecule has 0 aliphatic rings. The van der Waals surface area contributed by atoms with E-state index >= 15 is 0 Å². The lowest BCUT2D eigenvalue weighted by atomic mass is 10.3. The van der Waals surface area contributed by atoms with Gasteiger partial charge in [0.25, 0.3) is 5.69 Å². The van der Waals surface area contributed by atoms with Crippen LogP contribution in [0.4, 0.5) is 5.69 Å². The van der Waals surface area contributed by atoms with Crippen LogP contribution in [0.5, 0.6) is 0 Å². The minimum Gasteiger partial charge on any atom is -0.480 e. The molecular weight excluding hydrogens is 232 g/mol. The first-order valence-electron chi connectivity index (χ1n) is 4.36. The van der Waals surface area contributed by atoms with Crippen LogP contribution < -0.4 is 5.73 Å². The highest BCUT2D eigenvalue weighted by molar-refractivity contribution is 7.99. The second-order valence-electron chi connectivity index (χ2n) is 3.01. The number of nitro benzene ring substituents is 1. The molecule has 1 atom stereocenters. The maximum absolute atomic E-state index is 10.4. The van der Waals surface area contributed by atoms with E-state index in [2.05, 4.69) is 0 Å². The number of aliphatic carboxylic acids is 1. The number of nitrogens with zero attached hydrogens (tertiary/aromatic N) is 1. The van der Waals surface area contributed by atoms with E-state index in [0.717, 1.165) is 4.90 Å². The lowest BCUT2D eigenvalue weighted by Crippen LogP contribution is -2.32. The molecule has 1 aromatic carbocycles. The Kier molecular flexibility index (Phi) is 4.27. The van der Waals surface area contributed by atoms with Gasteiger partial charge in [-0.1, -0.05) is 0 Å². The third-order valence-corrected chi connectivity index (χ3v) is 2.93. The van der Waals surface area contributed by atoms with E-state index in [9.17, 15) is 14.9 Å². The Morgan fingerprint density at radius 2 is 2.06 bits per heavy atom. The van der Waals surface area contributed by atoms with Gasteiger partial charge in [-0.05, 0) is 12.1 Å². The van der Waals surface area contributed by atoms with E-state index < -0.39 is 16.9 Å². The van der Waals surface area contributed by atoms with Gasteiger partial charge in [0.05, 0.1) is 4.92 Å². The van der Waals surface area contributed by atoms with E-state index in [4.69, 9.17) is 10.8 Å². The predicted molar refractivity (Wildman–Crippen MR) is 59.4 cm³/mol. The molecule has 0 unspecified atom stereocenters. The Balaban J connectivity index is 2.56. The smallest absolute Gasteiger partial charge is 0.321 e. The second-order valence-corrected chi connectivity index (χ2v) is 4.10. The average molecular weight is 242 g/mol. The van der Waals surface area contributed by atoms with E-state index in [1.807, 2.05) is 0 Å². The highest BCUT2D eigenvalue weighted by Crippen LogP contribution is 2.21. The van der Waals surface area contributed by atoms with E-state index in [0.29, 0.717) is 0 Å². The van der Waals surface area contributed by atoms with Gasteiger partial charge in [-0.25, -0.2) is 0 Å². The monoisotopic (exact) mass is 242 g/mol. The number of nitro groups is 1. The molecule has 1 rings (SSSR count). The summed E-state index contributed by atoms with van der Waals surface area (Å²) in [5.74, 6) is -0.831. The minimum absolute atomic E-state index is 0.00637. The SMILES string of the molecule is N[C@@H](CSc1ccc([N+](=O)[O-])cc1)C(=O)O. The molecule has 0 heterocycles. The number of benzene rings is 1. The number of hydrogen-bond donors (Lipinski definition) is 2. The van der Waals surface area contributed by atoms with Crippen LogP contribution in [0.3, 0.4) is 0 Å². The van der Waals surface area contributed by atoms with E-state index in [1.165, 1.54) is 23.9 Å². The van der Waals surface area contributed by atoms with Gasteiger partial charge in [0.1, 0.15) is 6.04 Å². The molecule has 0 saturated carbocycles. The maximum Gasteiger partial charge on any atom is 0.321 e. The normalized spacial score (nSPS) is 12.1. The van der Waals surface area contributed by atoms with E-state index in [1.54, 1.807) is 12.1 Å². The molecule has 0 amide bonds. The third kappa shape index (κ3) is 3.52. The molecule has 7 heteroatoms. The van der Waals surface area contributed by atoms with Gasteiger partial charge in [-0.2, -0.15) is 0 Å². The van der Waals surface area contributed by atoms with Gasteiger partial charge in [0, 0.05) is 22.8 Å². The zero-order valence-corrected chi connectivity index (χ0v) is 9.02. The molecule has 3 N–H and O–H groups in total. The Morgan fingerprint density at radius 3 is 2.50 bits per heavy atom. The van der Waals surface area contributed by atoms with Crippen LogP contribution in [0.25, 0.3) is 0 Å². The predicted octanol–water partition coefficient (Wildman–Crippen LogP) is 1.10. The van der Waals surface area contributed by atoms with Gasteiger partial charge in [0.2, 0.25) is 0 Å². The van der Waals surface area contributed by atoms with Crippen LogP contribution in [0.15, 0.2) is 29.2 Å². The number of carboxylic acids is 1. The van der Waals surface area contributed by atoms with Crippen molar-refractivity contribution in [2.75, 3.05) is 5.75 Å². The summed E-state index contributed by atoms with van der Waals surface area (Å²) in [5.41, 5.74) is 5.32. The molecule has 0 radical (unpaired) electrons. The Labute approximate surface area is 95.6 Å². The molecule has 0 aromatic heterocycles. The number of hydrogen-bond acceptors (Lipinski definition) is 5. The first-order chi connectivity index (χ1) is 7.50. The van der Waals surface area contributed by atoms with Crippen molar-refractivity contribution in [2.45, 2.75) is 10.9 Å². The summed E-state index contributed by atoms with van der Waals surface area (Å²) in [6, 6.07) is 4.94. The van der Waals surface area contributed by atoms with Crippen molar-refractivity contribution in [3.63, 3.8) is 0 Å². The molecule has 6 nitrogen and oxygen atoms in total. The van der Waals surface area contributed by atoms with Crippen LogP contribution in [0, 0.1) is 10.1 Å². The Bertz CT molecular complexity index is 393. The zero-order valence-electron chi connectivity index (χ0n) is 8.20. The highest BCUT2D eigenvalue weighted by Gasteiger charge is 2.12. The summed E-state index contributed by atoms with van der Waals surface area (Å²) in [5, 5.41) is 18.9. The van der Waals surface area contributed by atoms with Crippen molar-refractivity contribution in [1.29, 1.82) is 0 Å². The summed E-state index contributed by atoms with van der Waals surface area (Å²) < 4.78 is 0. The Morgan fingerprint density at radius 1 is 1.50 bits per heavy atom. The van der Waals surface area contributed by atoms with Crippen molar-refractivity contribution in [3.05, 3.63) is 34.4 Å². The fraction of sp³-hybridized carbons (Fsp3) is 0.222. The van der Waals surface area contributed by atoms with Crippen LogP contribution in [0.1, 0.15) is 0 Å². The lowest BCUT2D eigenvalue weighted by molar-refractivity contribution is -0.384. The standard InChI is InChI=1S/C9H10N2O4S/c10-8(9(12)13)5-16-7-3-1-6(2-4-7)11(14)15/h1-4,8H,5,10H2,(H,12,13)/t8-/m0/s1. The number of rotatable bonds is 5. The van der Waals surface area contributed by atoms with Gasteiger partial charge in [0.15, 0.2) is 0 Å². The summed E-state index contributed by atoms with van der Waals surface area (Å²) in [6.45, 7) is 0. The van der Waals surface area contributed by atoms with Crippen LogP contribution in [0.2, 0.25) is 0 Å². The van der Waals surface area contributed by atoms with Crippen LogP contribution >= 0.6 is 11.8 Å². The average Bonchev–Trinajstić information content (AvgIpc) is 2.26. The number of non-ortho nitro benzene ring substituents is 1. The van der Waals surface area contributed by atoms with Crippen LogP contribution in [-0.2, 0) is 4.79 Å². The lowest BCUT2D eigenvalue weighted by Gasteiger charge is -2.05. The number of carboxylic acid groups (broad SMARTS) is 1. The zero-order chi connectivity index (χ0) is 12.1. The number of thioether (sulfide) groups is 1. The first kappa shape index (κ1) is 12.5. The van der Waals surface area contributed by atoms with Gasteiger partial charge < -0.3 is 10.8 Å². The molecule has 0 aliphatic heterocycles. The molecule has 16 heavy (non-hydrogen) atoms. The fourth-order valence-corrected chi connectivity index (χ4v) is 1.76. The van der Waals surface area contributed by atoms with Crippen molar-refractivity contribution in [1.82, 2.24) is 0 Å². The summed E-state index contributed by atoms with van der Waals surface area (Å²) in [4.78, 5) is 21.1. The quantitative estimate of drug-likeness (QED) is 0.455. The molecule has 0 bridgehead atoms. The van der Waals surface area contributed by atoms with Crippen molar-refractivity contribution < 1.29 is 14.8 Å². The highest BCUT2D eigenvalue weighted by atomic mass is 32.2. The number of nitrogens with two attached hydrogens (primary N) is 1. The van der Waals surface area contributed by atoms with Gasteiger partial charge in [-0.3, -0.25) is 14.9 Å². The molecule has 86 valence electrons. The Hall–Kier alpha value is -1.60. The van der Waals surface area contributed by atoms with Crippen LogP contribution in [-0.4, -0.2) is 27.8 Å². The summed E-state index contributed by atoms with van der Waals surface area (Å²) in [6.07, 6.45) is 0. The summed E-state index contributed by atoms with van der Waals surface area (Å²) in [7, 11) is 0. The van der Waals surface area contributed by atoms with Gasteiger partial charge >= 0.3 is 5.97 Å². The number of carbonyl (C=O) groups is 1. The van der Waals surface area contributed by atoms with Crippen molar-refractivity contribution in [3.8, 4) is 0 Å².